The third kappa shape index (κ3) is 4.18. The summed E-state index contributed by atoms with van der Waals surface area (Å²) in [7, 11) is 0. The molecule has 5 nitrogen and oxygen atoms in total. The van der Waals surface area contributed by atoms with Gasteiger partial charge in [-0.25, -0.2) is 4.98 Å². The van der Waals surface area contributed by atoms with Gasteiger partial charge < -0.3 is 9.64 Å². The number of carbonyl (C=O) groups is 1. The van der Waals surface area contributed by atoms with E-state index in [-0.39, 0.29) is 12.5 Å². The van der Waals surface area contributed by atoms with E-state index >= 15 is 0 Å². The highest BCUT2D eigenvalue weighted by atomic mass is 32.1. The van der Waals surface area contributed by atoms with Crippen LogP contribution in [0.3, 0.4) is 0 Å². The van der Waals surface area contributed by atoms with Crippen LogP contribution in [0.25, 0.3) is 10.2 Å². The van der Waals surface area contributed by atoms with Crippen molar-refractivity contribution < 1.29 is 9.53 Å². The molecule has 2 aromatic carbocycles. The molecule has 4 rings (SSSR count). The molecule has 0 N–H and O–H groups in total. The zero-order chi connectivity index (χ0) is 19.5. The van der Waals surface area contributed by atoms with E-state index < -0.39 is 0 Å². The highest BCUT2D eigenvalue weighted by Gasteiger charge is 2.22. The standard InChI is InChI=1S/C22H25N3O2S/c1-16-6-5-7-17(2)22(16)27-15-21(26)25-12-10-24(11-13-25)14-20-23-18-8-3-4-9-19(18)28-20/h3-9H,10-15H2,1-2H3. The van der Waals surface area contributed by atoms with E-state index in [9.17, 15) is 4.79 Å². The Bertz CT molecular complexity index is 924. The Hall–Kier alpha value is -2.44. The summed E-state index contributed by atoms with van der Waals surface area (Å²) < 4.78 is 7.06. The van der Waals surface area contributed by atoms with Gasteiger partial charge in [-0.2, -0.15) is 0 Å². The number of carbonyl (C=O) groups excluding carboxylic acids is 1. The van der Waals surface area contributed by atoms with Crippen molar-refractivity contribution in [2.75, 3.05) is 32.8 Å². The van der Waals surface area contributed by atoms with Crippen molar-refractivity contribution in [3.63, 3.8) is 0 Å². The smallest absolute Gasteiger partial charge is 0.260 e. The number of fused-ring (bicyclic) bond motifs is 1. The Labute approximate surface area is 169 Å². The van der Waals surface area contributed by atoms with Crippen molar-refractivity contribution in [2.24, 2.45) is 0 Å². The summed E-state index contributed by atoms with van der Waals surface area (Å²) in [5, 5.41) is 1.14. The van der Waals surface area contributed by atoms with E-state index in [0.717, 1.165) is 60.1 Å². The van der Waals surface area contributed by atoms with Gasteiger partial charge in [0.05, 0.1) is 16.8 Å². The van der Waals surface area contributed by atoms with Crippen molar-refractivity contribution in [3.8, 4) is 5.75 Å². The van der Waals surface area contributed by atoms with Crippen LogP contribution in [0.4, 0.5) is 0 Å². The summed E-state index contributed by atoms with van der Waals surface area (Å²) in [6.45, 7) is 8.17. The maximum absolute atomic E-state index is 12.5. The molecular weight excluding hydrogens is 370 g/mol. The molecule has 28 heavy (non-hydrogen) atoms. The number of nitrogens with zero attached hydrogens (tertiary/aromatic N) is 3. The van der Waals surface area contributed by atoms with Crippen LogP contribution in [-0.2, 0) is 11.3 Å². The summed E-state index contributed by atoms with van der Waals surface area (Å²) in [6.07, 6.45) is 0. The lowest BCUT2D eigenvalue weighted by Crippen LogP contribution is -2.49. The highest BCUT2D eigenvalue weighted by molar-refractivity contribution is 7.18. The van der Waals surface area contributed by atoms with Gasteiger partial charge >= 0.3 is 0 Å². The molecule has 1 aliphatic heterocycles. The summed E-state index contributed by atoms with van der Waals surface area (Å²) >= 11 is 1.75. The molecule has 1 aromatic heterocycles. The van der Waals surface area contributed by atoms with Crippen LogP contribution < -0.4 is 4.74 Å². The summed E-state index contributed by atoms with van der Waals surface area (Å²) in [5.41, 5.74) is 3.20. The first-order chi connectivity index (χ1) is 13.6. The van der Waals surface area contributed by atoms with E-state index in [1.165, 1.54) is 4.70 Å². The van der Waals surface area contributed by atoms with Crippen molar-refractivity contribution >= 4 is 27.5 Å². The molecule has 1 amide bonds. The number of hydrogen-bond donors (Lipinski definition) is 0. The summed E-state index contributed by atoms with van der Waals surface area (Å²) in [4.78, 5) is 21.5. The first-order valence-corrected chi connectivity index (χ1v) is 10.5. The predicted molar refractivity (Wildman–Crippen MR) is 113 cm³/mol. The van der Waals surface area contributed by atoms with Crippen LogP contribution >= 0.6 is 11.3 Å². The molecule has 0 spiro atoms. The fraction of sp³-hybridized carbons (Fsp3) is 0.364. The van der Waals surface area contributed by atoms with Crippen molar-refractivity contribution in [1.82, 2.24) is 14.8 Å². The third-order valence-corrected chi connectivity index (χ3v) is 6.19. The largest absolute Gasteiger partial charge is 0.483 e. The van der Waals surface area contributed by atoms with Crippen LogP contribution in [-0.4, -0.2) is 53.5 Å². The van der Waals surface area contributed by atoms with Crippen LogP contribution in [0.5, 0.6) is 5.75 Å². The summed E-state index contributed by atoms with van der Waals surface area (Å²) in [6, 6.07) is 14.3. The maximum Gasteiger partial charge on any atom is 0.260 e. The van der Waals surface area contributed by atoms with Gasteiger partial charge in [0.15, 0.2) is 6.61 Å². The van der Waals surface area contributed by atoms with Gasteiger partial charge in [0, 0.05) is 26.2 Å². The van der Waals surface area contributed by atoms with Gasteiger partial charge in [-0.15, -0.1) is 11.3 Å². The molecule has 0 aliphatic carbocycles. The molecule has 1 aliphatic rings. The number of aromatic nitrogens is 1. The lowest BCUT2D eigenvalue weighted by Gasteiger charge is -2.34. The lowest BCUT2D eigenvalue weighted by molar-refractivity contribution is -0.135. The minimum atomic E-state index is 0.0577. The second kappa shape index (κ2) is 8.29. The zero-order valence-electron chi connectivity index (χ0n) is 16.4. The molecule has 0 atom stereocenters. The molecule has 146 valence electrons. The molecule has 3 aromatic rings. The number of para-hydroxylation sites is 2. The van der Waals surface area contributed by atoms with Gasteiger partial charge in [0.1, 0.15) is 10.8 Å². The maximum atomic E-state index is 12.5. The fourth-order valence-corrected chi connectivity index (χ4v) is 4.60. The molecule has 2 heterocycles. The van der Waals surface area contributed by atoms with Gasteiger partial charge in [-0.05, 0) is 37.1 Å². The first-order valence-electron chi connectivity index (χ1n) is 9.64. The Morgan fingerprint density at radius 3 is 2.46 bits per heavy atom. The monoisotopic (exact) mass is 395 g/mol. The van der Waals surface area contributed by atoms with E-state index in [1.807, 2.05) is 43.0 Å². The minimum Gasteiger partial charge on any atom is -0.483 e. The van der Waals surface area contributed by atoms with Crippen molar-refractivity contribution in [1.29, 1.82) is 0 Å². The van der Waals surface area contributed by atoms with Gasteiger partial charge in [0.25, 0.3) is 5.91 Å². The number of hydrogen-bond acceptors (Lipinski definition) is 5. The number of aryl methyl sites for hydroxylation is 2. The number of amides is 1. The second-order valence-electron chi connectivity index (χ2n) is 7.24. The predicted octanol–water partition coefficient (Wildman–Crippen LogP) is 3.64. The van der Waals surface area contributed by atoms with Crippen LogP contribution in [0.2, 0.25) is 0 Å². The molecular formula is C22H25N3O2S. The minimum absolute atomic E-state index is 0.0577. The Morgan fingerprint density at radius 1 is 1.04 bits per heavy atom. The number of benzene rings is 2. The molecule has 0 saturated carbocycles. The van der Waals surface area contributed by atoms with Gasteiger partial charge in [-0.3, -0.25) is 9.69 Å². The van der Waals surface area contributed by atoms with E-state index in [2.05, 4.69) is 23.1 Å². The molecule has 1 fully saturated rings. The molecule has 0 radical (unpaired) electrons. The zero-order valence-corrected chi connectivity index (χ0v) is 17.2. The SMILES string of the molecule is Cc1cccc(C)c1OCC(=O)N1CCN(Cc2nc3ccccc3s2)CC1. The quantitative estimate of drug-likeness (QED) is 0.662. The number of ether oxygens (including phenoxy) is 1. The average Bonchev–Trinajstić information content (AvgIpc) is 3.10. The molecule has 6 heteroatoms. The Kier molecular flexibility index (Phi) is 5.59. The highest BCUT2D eigenvalue weighted by Crippen LogP contribution is 2.24. The average molecular weight is 396 g/mol. The molecule has 0 bridgehead atoms. The van der Waals surface area contributed by atoms with E-state index in [0.29, 0.717) is 0 Å². The number of rotatable bonds is 5. The Morgan fingerprint density at radius 2 is 1.75 bits per heavy atom. The third-order valence-electron chi connectivity index (χ3n) is 5.17. The van der Waals surface area contributed by atoms with Gasteiger partial charge in [-0.1, -0.05) is 30.3 Å². The summed E-state index contributed by atoms with van der Waals surface area (Å²) in [5.74, 6) is 0.882. The molecule has 0 unspecified atom stereocenters. The van der Waals surface area contributed by atoms with Crippen LogP contribution in [0.15, 0.2) is 42.5 Å². The lowest BCUT2D eigenvalue weighted by atomic mass is 10.1. The van der Waals surface area contributed by atoms with Crippen molar-refractivity contribution in [3.05, 3.63) is 58.6 Å². The van der Waals surface area contributed by atoms with Gasteiger partial charge in [0.2, 0.25) is 0 Å². The number of piperazine rings is 1. The van der Waals surface area contributed by atoms with E-state index in [4.69, 9.17) is 9.72 Å². The Balaban J connectivity index is 1.28. The topological polar surface area (TPSA) is 45.7 Å². The number of thiazole rings is 1. The van der Waals surface area contributed by atoms with Crippen LogP contribution in [0, 0.1) is 13.8 Å². The first kappa shape index (κ1) is 18.9. The second-order valence-corrected chi connectivity index (χ2v) is 8.36. The normalized spacial score (nSPS) is 15.1. The molecule has 1 saturated heterocycles. The van der Waals surface area contributed by atoms with Crippen molar-refractivity contribution in [2.45, 2.75) is 20.4 Å². The fourth-order valence-electron chi connectivity index (χ4n) is 3.59. The van der Waals surface area contributed by atoms with Crippen LogP contribution in [0.1, 0.15) is 16.1 Å². The van der Waals surface area contributed by atoms with E-state index in [1.54, 1.807) is 11.3 Å².